The highest BCUT2D eigenvalue weighted by atomic mass is 16.5. The van der Waals surface area contributed by atoms with E-state index in [0.29, 0.717) is 24.4 Å². The first kappa shape index (κ1) is 15.8. The fraction of sp³-hybridized carbons (Fsp3) is 0.562. The molecule has 1 heterocycles. The molecule has 1 aromatic rings. The van der Waals surface area contributed by atoms with Crippen LogP contribution in [0.4, 0.5) is 11.4 Å². The maximum Gasteiger partial charge on any atom is 0.226 e. The van der Waals surface area contributed by atoms with E-state index in [-0.39, 0.29) is 24.2 Å². The second-order valence-electron chi connectivity index (χ2n) is 5.65. The fourth-order valence-electron chi connectivity index (χ4n) is 2.64. The van der Waals surface area contributed by atoms with Gasteiger partial charge in [0.1, 0.15) is 0 Å². The van der Waals surface area contributed by atoms with Gasteiger partial charge in [0.15, 0.2) is 0 Å². The van der Waals surface area contributed by atoms with Crippen molar-refractivity contribution in [1.82, 2.24) is 0 Å². The number of nitrogens with one attached hydrogen (secondary N) is 1. The molecule has 1 aromatic carbocycles. The van der Waals surface area contributed by atoms with E-state index in [1.807, 2.05) is 12.1 Å². The molecule has 0 radical (unpaired) electrons. The number of nitrogen functional groups attached to an aromatic ring is 1. The van der Waals surface area contributed by atoms with Crippen molar-refractivity contribution in [3.05, 3.63) is 24.3 Å². The number of hydrogen-bond acceptors (Lipinski definition) is 4. The average Bonchev–Trinajstić information content (AvgIpc) is 2.37. The summed E-state index contributed by atoms with van der Waals surface area (Å²) in [5.74, 6) is -0.0613. The van der Waals surface area contributed by atoms with Crippen molar-refractivity contribution < 1.29 is 14.3 Å². The van der Waals surface area contributed by atoms with Gasteiger partial charge in [-0.05, 0) is 44.9 Å². The summed E-state index contributed by atoms with van der Waals surface area (Å²) in [6, 6.07) is 7.15. The third-order valence-electron chi connectivity index (χ3n) is 3.51. The average molecular weight is 292 g/mol. The highest BCUT2D eigenvalue weighted by Gasteiger charge is 2.24. The number of carbonyl (C=O) groups excluding carboxylic acids is 1. The van der Waals surface area contributed by atoms with Gasteiger partial charge in [-0.15, -0.1) is 0 Å². The third kappa shape index (κ3) is 5.36. The number of hydrogen-bond donors (Lipinski definition) is 2. The van der Waals surface area contributed by atoms with Crippen LogP contribution < -0.4 is 11.1 Å². The molecule has 21 heavy (non-hydrogen) atoms. The van der Waals surface area contributed by atoms with Crippen LogP contribution in [-0.4, -0.2) is 30.8 Å². The molecule has 1 amide bonds. The topological polar surface area (TPSA) is 73.6 Å². The quantitative estimate of drug-likeness (QED) is 0.818. The minimum absolute atomic E-state index is 0.0613. The molecule has 1 aliphatic rings. The van der Waals surface area contributed by atoms with Crippen molar-refractivity contribution in [2.45, 2.75) is 51.4 Å². The summed E-state index contributed by atoms with van der Waals surface area (Å²) < 4.78 is 11.5. The van der Waals surface area contributed by atoms with Gasteiger partial charge in [0.25, 0.3) is 0 Å². The van der Waals surface area contributed by atoms with Gasteiger partial charge in [-0.1, -0.05) is 6.07 Å². The normalized spacial score (nSPS) is 25.5. The molecule has 0 aliphatic carbocycles. The highest BCUT2D eigenvalue weighted by Crippen LogP contribution is 2.21. The Bertz CT molecular complexity index is 468. The fourth-order valence-corrected chi connectivity index (χ4v) is 2.64. The van der Waals surface area contributed by atoms with Crippen molar-refractivity contribution >= 4 is 17.3 Å². The Kier molecular flexibility index (Phi) is 5.59. The summed E-state index contributed by atoms with van der Waals surface area (Å²) in [6.45, 7) is 4.54. The van der Waals surface area contributed by atoms with Gasteiger partial charge in [-0.3, -0.25) is 4.79 Å². The van der Waals surface area contributed by atoms with Gasteiger partial charge in [-0.2, -0.15) is 0 Å². The molecule has 5 nitrogen and oxygen atoms in total. The summed E-state index contributed by atoms with van der Waals surface area (Å²) in [4.78, 5) is 11.8. The molecule has 2 unspecified atom stereocenters. The molecule has 1 aliphatic heterocycles. The largest absolute Gasteiger partial charge is 0.399 e. The zero-order valence-corrected chi connectivity index (χ0v) is 12.7. The lowest BCUT2D eigenvalue weighted by molar-refractivity contribution is -0.121. The number of nitrogens with two attached hydrogens (primary N) is 1. The van der Waals surface area contributed by atoms with Gasteiger partial charge in [0.05, 0.1) is 31.3 Å². The number of ether oxygens (including phenoxy) is 2. The first-order chi connectivity index (χ1) is 10.0. The predicted octanol–water partition coefficient (Wildman–Crippen LogP) is 2.57. The van der Waals surface area contributed by atoms with Crippen LogP contribution in [0.15, 0.2) is 24.3 Å². The maximum atomic E-state index is 11.8. The Morgan fingerprint density at radius 3 is 2.76 bits per heavy atom. The Morgan fingerprint density at radius 2 is 2.10 bits per heavy atom. The predicted molar refractivity (Wildman–Crippen MR) is 83.1 cm³/mol. The van der Waals surface area contributed by atoms with E-state index in [1.54, 1.807) is 12.1 Å². The van der Waals surface area contributed by atoms with Crippen molar-refractivity contribution in [2.24, 2.45) is 0 Å². The Morgan fingerprint density at radius 1 is 1.38 bits per heavy atom. The maximum absolute atomic E-state index is 11.8. The van der Waals surface area contributed by atoms with Crippen LogP contribution in [0.1, 0.15) is 33.1 Å². The number of amides is 1. The van der Waals surface area contributed by atoms with Crippen LogP contribution in [0.2, 0.25) is 0 Å². The Labute approximate surface area is 125 Å². The van der Waals surface area contributed by atoms with Crippen LogP contribution in [0.25, 0.3) is 0 Å². The smallest absolute Gasteiger partial charge is 0.226 e. The van der Waals surface area contributed by atoms with E-state index >= 15 is 0 Å². The molecule has 0 aromatic heterocycles. The monoisotopic (exact) mass is 292 g/mol. The van der Waals surface area contributed by atoms with E-state index in [4.69, 9.17) is 15.2 Å². The molecule has 3 N–H and O–H groups in total. The molecule has 2 atom stereocenters. The summed E-state index contributed by atoms with van der Waals surface area (Å²) in [6.07, 6.45) is 2.75. The van der Waals surface area contributed by atoms with Crippen molar-refractivity contribution in [3.8, 4) is 0 Å². The second-order valence-corrected chi connectivity index (χ2v) is 5.65. The zero-order chi connectivity index (χ0) is 15.2. The Balaban J connectivity index is 1.69. The summed E-state index contributed by atoms with van der Waals surface area (Å²) in [7, 11) is 0. The molecule has 1 fully saturated rings. The van der Waals surface area contributed by atoms with Gasteiger partial charge in [0, 0.05) is 11.4 Å². The van der Waals surface area contributed by atoms with Crippen molar-refractivity contribution in [2.75, 3.05) is 17.7 Å². The molecule has 1 saturated heterocycles. The first-order valence-corrected chi connectivity index (χ1v) is 7.45. The van der Waals surface area contributed by atoms with Crippen LogP contribution in [0.5, 0.6) is 0 Å². The zero-order valence-electron chi connectivity index (χ0n) is 12.7. The number of rotatable bonds is 5. The molecular formula is C16H24N2O3. The summed E-state index contributed by atoms with van der Waals surface area (Å²) in [5.41, 5.74) is 7.02. The van der Waals surface area contributed by atoms with Crippen LogP contribution in [-0.2, 0) is 14.3 Å². The number of carbonyl (C=O) groups is 1. The van der Waals surface area contributed by atoms with E-state index in [9.17, 15) is 4.79 Å². The minimum Gasteiger partial charge on any atom is -0.399 e. The molecule has 0 bridgehead atoms. The standard InChI is InChI=1S/C16H24N2O3/c1-11-8-15(9-12(2)21-11)20-7-6-16(19)18-14-5-3-4-13(17)10-14/h3-5,10-12,15H,6-9,17H2,1-2H3,(H,18,19). The lowest BCUT2D eigenvalue weighted by Gasteiger charge is -2.31. The number of anilines is 2. The van der Waals surface area contributed by atoms with E-state index in [1.165, 1.54) is 0 Å². The molecule has 5 heteroatoms. The molecular weight excluding hydrogens is 268 g/mol. The number of benzene rings is 1. The highest BCUT2D eigenvalue weighted by molar-refractivity contribution is 5.91. The second kappa shape index (κ2) is 7.43. The van der Waals surface area contributed by atoms with E-state index in [0.717, 1.165) is 12.8 Å². The van der Waals surface area contributed by atoms with Crippen LogP contribution in [0, 0.1) is 0 Å². The van der Waals surface area contributed by atoms with Crippen molar-refractivity contribution in [3.63, 3.8) is 0 Å². The molecule has 116 valence electrons. The summed E-state index contributed by atoms with van der Waals surface area (Å²) in [5, 5.41) is 2.81. The molecule has 0 saturated carbocycles. The van der Waals surface area contributed by atoms with Gasteiger partial charge in [0.2, 0.25) is 5.91 Å². The van der Waals surface area contributed by atoms with Crippen molar-refractivity contribution in [1.29, 1.82) is 0 Å². The lowest BCUT2D eigenvalue weighted by Crippen LogP contribution is -2.34. The SMILES string of the molecule is CC1CC(OCCC(=O)Nc2cccc(N)c2)CC(C)O1. The molecule has 2 rings (SSSR count). The molecule has 0 spiro atoms. The van der Waals surface area contributed by atoms with Gasteiger partial charge >= 0.3 is 0 Å². The third-order valence-corrected chi connectivity index (χ3v) is 3.51. The van der Waals surface area contributed by atoms with E-state index < -0.39 is 0 Å². The van der Waals surface area contributed by atoms with Crippen LogP contribution in [0.3, 0.4) is 0 Å². The summed E-state index contributed by atoms with van der Waals surface area (Å²) >= 11 is 0. The van der Waals surface area contributed by atoms with Gasteiger partial charge < -0.3 is 20.5 Å². The van der Waals surface area contributed by atoms with Crippen LogP contribution >= 0.6 is 0 Å². The Hall–Kier alpha value is -1.59. The lowest BCUT2D eigenvalue weighted by atomic mass is 10.0. The minimum atomic E-state index is -0.0613. The van der Waals surface area contributed by atoms with Gasteiger partial charge in [-0.25, -0.2) is 0 Å². The first-order valence-electron chi connectivity index (χ1n) is 7.45. The van der Waals surface area contributed by atoms with E-state index in [2.05, 4.69) is 19.2 Å².